The molecule has 3 rings (SSSR count). The monoisotopic (exact) mass is 414 g/mol. The summed E-state index contributed by atoms with van der Waals surface area (Å²) >= 11 is 0. The molecule has 0 bridgehead atoms. The molecule has 0 unspecified atom stereocenters. The van der Waals surface area contributed by atoms with Gasteiger partial charge in [-0.3, -0.25) is 10.2 Å². The fourth-order valence-corrected chi connectivity index (χ4v) is 2.76. The summed E-state index contributed by atoms with van der Waals surface area (Å²) in [7, 11) is 1.69. The zero-order chi connectivity index (χ0) is 21.9. The van der Waals surface area contributed by atoms with Crippen LogP contribution < -0.4 is 10.6 Å². The topological polar surface area (TPSA) is 104 Å². The Kier molecular flexibility index (Phi) is 5.77. The van der Waals surface area contributed by atoms with E-state index in [1.807, 2.05) is 0 Å². The first-order valence-electron chi connectivity index (χ1n) is 8.74. The van der Waals surface area contributed by atoms with E-state index in [2.05, 4.69) is 25.6 Å². The number of benzene rings is 1. The lowest BCUT2D eigenvalue weighted by Gasteiger charge is -2.12. The van der Waals surface area contributed by atoms with Gasteiger partial charge in [-0.15, -0.1) is 0 Å². The number of rotatable bonds is 5. The smallest absolute Gasteiger partial charge is 0.372 e. The maximum absolute atomic E-state index is 12.8. The number of hydrogen-bond acceptors (Lipinski definition) is 6. The largest absolute Gasteiger partial charge is 0.416 e. The van der Waals surface area contributed by atoms with E-state index in [1.54, 1.807) is 26.1 Å². The van der Waals surface area contributed by atoms with E-state index in [1.165, 1.54) is 18.5 Å². The molecule has 2 aromatic heterocycles. The average molecular weight is 414 g/mol. The highest BCUT2D eigenvalue weighted by Crippen LogP contribution is 2.30. The molecule has 1 aromatic carbocycles. The summed E-state index contributed by atoms with van der Waals surface area (Å²) in [5.41, 5.74) is 1.15. The van der Waals surface area contributed by atoms with E-state index in [9.17, 15) is 18.0 Å². The summed E-state index contributed by atoms with van der Waals surface area (Å²) < 4.78 is 38.4. The summed E-state index contributed by atoms with van der Waals surface area (Å²) in [5.74, 6) is -0.317. The molecule has 7 nitrogen and oxygen atoms in total. The van der Waals surface area contributed by atoms with Crippen LogP contribution in [0, 0.1) is 12.3 Å². The molecule has 10 heteroatoms. The SMILES string of the molecule is CNc1ncnc(C)c1C(=N)c1ccc(C(=O)Nc2cc(C(F)(F)F)ccn2)cc1. The van der Waals surface area contributed by atoms with Gasteiger partial charge >= 0.3 is 6.18 Å². The summed E-state index contributed by atoms with van der Waals surface area (Å²) in [6.45, 7) is 1.76. The molecule has 0 spiro atoms. The van der Waals surface area contributed by atoms with Crippen molar-refractivity contribution < 1.29 is 18.0 Å². The standard InChI is InChI=1S/C20H17F3N6O/c1-11-16(18(25-2)28-10-27-11)17(24)12-3-5-13(6-4-12)19(30)29-15-9-14(7-8-26-15)20(21,22)23/h3-10,24H,1-2H3,(H,25,27,28)(H,26,29,30). The molecule has 0 fully saturated rings. The van der Waals surface area contributed by atoms with Gasteiger partial charge < -0.3 is 10.6 Å². The first-order chi connectivity index (χ1) is 14.2. The third-order valence-electron chi connectivity index (χ3n) is 4.29. The van der Waals surface area contributed by atoms with Crippen LogP contribution in [0.3, 0.4) is 0 Å². The fraction of sp³-hybridized carbons (Fsp3) is 0.150. The number of nitrogens with zero attached hydrogens (tertiary/aromatic N) is 3. The van der Waals surface area contributed by atoms with Crippen molar-refractivity contribution in [3.8, 4) is 0 Å². The van der Waals surface area contributed by atoms with Crippen molar-refractivity contribution in [1.29, 1.82) is 5.41 Å². The summed E-state index contributed by atoms with van der Waals surface area (Å²) in [4.78, 5) is 24.3. The Labute approximate surface area is 169 Å². The van der Waals surface area contributed by atoms with Gasteiger partial charge in [0.2, 0.25) is 0 Å². The number of hydrogen-bond donors (Lipinski definition) is 3. The zero-order valence-corrected chi connectivity index (χ0v) is 16.0. The minimum atomic E-state index is -4.53. The molecule has 154 valence electrons. The Morgan fingerprint density at radius 1 is 1.03 bits per heavy atom. The maximum atomic E-state index is 12.8. The second-order valence-electron chi connectivity index (χ2n) is 6.27. The molecular formula is C20H17F3N6O. The van der Waals surface area contributed by atoms with Crippen molar-refractivity contribution in [2.45, 2.75) is 13.1 Å². The van der Waals surface area contributed by atoms with Crippen LogP contribution in [0.4, 0.5) is 24.8 Å². The molecule has 1 amide bonds. The van der Waals surface area contributed by atoms with E-state index in [4.69, 9.17) is 5.41 Å². The highest BCUT2D eigenvalue weighted by atomic mass is 19.4. The number of aryl methyl sites for hydroxylation is 1. The van der Waals surface area contributed by atoms with Gasteiger partial charge in [-0.05, 0) is 31.2 Å². The van der Waals surface area contributed by atoms with E-state index in [-0.39, 0.29) is 17.1 Å². The number of anilines is 2. The maximum Gasteiger partial charge on any atom is 0.416 e. The molecule has 3 aromatic rings. The third kappa shape index (κ3) is 4.43. The van der Waals surface area contributed by atoms with E-state index in [0.717, 1.165) is 18.3 Å². The third-order valence-corrected chi connectivity index (χ3v) is 4.29. The molecule has 0 aliphatic rings. The van der Waals surface area contributed by atoms with Gasteiger partial charge in [0.15, 0.2) is 0 Å². The van der Waals surface area contributed by atoms with Crippen LogP contribution in [0.5, 0.6) is 0 Å². The first kappa shape index (κ1) is 20.9. The fourth-order valence-electron chi connectivity index (χ4n) is 2.76. The van der Waals surface area contributed by atoms with Gasteiger partial charge in [-0.25, -0.2) is 15.0 Å². The van der Waals surface area contributed by atoms with Crippen molar-refractivity contribution in [2.75, 3.05) is 17.7 Å². The lowest BCUT2D eigenvalue weighted by molar-refractivity contribution is -0.137. The van der Waals surface area contributed by atoms with E-state index < -0.39 is 17.6 Å². The summed E-state index contributed by atoms with van der Waals surface area (Å²) in [6, 6.07) is 7.69. The number of pyridine rings is 1. The molecule has 30 heavy (non-hydrogen) atoms. The zero-order valence-electron chi connectivity index (χ0n) is 16.0. The van der Waals surface area contributed by atoms with Crippen LogP contribution in [0.25, 0.3) is 0 Å². The average Bonchev–Trinajstić information content (AvgIpc) is 2.72. The minimum absolute atomic E-state index is 0.170. The van der Waals surface area contributed by atoms with Gasteiger partial charge in [0.25, 0.3) is 5.91 Å². The first-order valence-corrected chi connectivity index (χ1v) is 8.74. The molecule has 0 aliphatic carbocycles. The second-order valence-corrected chi connectivity index (χ2v) is 6.27. The Balaban J connectivity index is 1.79. The summed E-state index contributed by atoms with van der Waals surface area (Å²) in [6.07, 6.45) is -2.16. The van der Waals surface area contributed by atoms with Gasteiger partial charge in [-0.2, -0.15) is 13.2 Å². The van der Waals surface area contributed by atoms with Crippen LogP contribution >= 0.6 is 0 Å². The minimum Gasteiger partial charge on any atom is -0.372 e. The normalized spacial score (nSPS) is 11.1. The number of carbonyl (C=O) groups is 1. The van der Waals surface area contributed by atoms with Crippen LogP contribution in [-0.2, 0) is 6.18 Å². The van der Waals surface area contributed by atoms with Crippen molar-refractivity contribution in [3.05, 3.63) is 76.9 Å². The molecule has 3 N–H and O–H groups in total. The van der Waals surface area contributed by atoms with Crippen LogP contribution in [0.1, 0.15) is 32.7 Å². The van der Waals surface area contributed by atoms with Crippen molar-refractivity contribution in [3.63, 3.8) is 0 Å². The number of halogens is 3. The Bertz CT molecular complexity index is 1100. The number of aromatic nitrogens is 3. The number of alkyl halides is 3. The van der Waals surface area contributed by atoms with E-state index in [0.29, 0.717) is 22.6 Å². The van der Waals surface area contributed by atoms with Crippen molar-refractivity contribution >= 4 is 23.3 Å². The molecule has 0 saturated carbocycles. The van der Waals surface area contributed by atoms with E-state index >= 15 is 0 Å². The lowest BCUT2D eigenvalue weighted by Crippen LogP contribution is -2.15. The number of nitrogens with one attached hydrogen (secondary N) is 3. The summed E-state index contributed by atoms with van der Waals surface area (Å²) in [5, 5.41) is 13.7. The van der Waals surface area contributed by atoms with Crippen LogP contribution in [0.2, 0.25) is 0 Å². The Morgan fingerprint density at radius 3 is 2.33 bits per heavy atom. The van der Waals surface area contributed by atoms with Crippen LogP contribution in [0.15, 0.2) is 48.9 Å². The van der Waals surface area contributed by atoms with Gasteiger partial charge in [-0.1, -0.05) is 12.1 Å². The molecular weight excluding hydrogens is 397 g/mol. The molecule has 0 saturated heterocycles. The van der Waals surface area contributed by atoms with Crippen molar-refractivity contribution in [2.24, 2.45) is 0 Å². The highest BCUT2D eigenvalue weighted by Gasteiger charge is 2.30. The molecule has 2 heterocycles. The Hall–Kier alpha value is -3.82. The molecule has 0 aliphatic heterocycles. The second kappa shape index (κ2) is 8.27. The molecule has 0 atom stereocenters. The highest BCUT2D eigenvalue weighted by molar-refractivity contribution is 6.14. The van der Waals surface area contributed by atoms with Crippen LogP contribution in [-0.4, -0.2) is 33.6 Å². The molecule has 0 radical (unpaired) electrons. The predicted octanol–water partition coefficient (Wildman–Crippen LogP) is 3.91. The number of amides is 1. The van der Waals surface area contributed by atoms with Gasteiger partial charge in [0.1, 0.15) is 18.0 Å². The number of carbonyl (C=O) groups excluding carboxylic acids is 1. The van der Waals surface area contributed by atoms with Gasteiger partial charge in [0.05, 0.1) is 22.5 Å². The predicted molar refractivity (Wildman–Crippen MR) is 106 cm³/mol. The quantitative estimate of drug-likeness (QED) is 0.549. The van der Waals surface area contributed by atoms with Gasteiger partial charge in [0, 0.05) is 24.4 Å². The van der Waals surface area contributed by atoms with Crippen molar-refractivity contribution in [1.82, 2.24) is 15.0 Å². The Morgan fingerprint density at radius 2 is 1.70 bits per heavy atom. The lowest BCUT2D eigenvalue weighted by atomic mass is 10.00.